The molecule has 0 radical (unpaired) electrons. The fourth-order valence-electron chi connectivity index (χ4n) is 3.94. The van der Waals surface area contributed by atoms with Gasteiger partial charge in [0, 0.05) is 43.5 Å². The number of hydrogen-bond donors (Lipinski definition) is 1. The molecule has 0 unspecified atom stereocenters. The summed E-state index contributed by atoms with van der Waals surface area (Å²) in [5, 5.41) is 2.70. The summed E-state index contributed by atoms with van der Waals surface area (Å²) in [6.45, 7) is 1.69. The zero-order valence-electron chi connectivity index (χ0n) is 18.7. The van der Waals surface area contributed by atoms with Crippen molar-refractivity contribution in [2.45, 2.75) is 4.90 Å². The summed E-state index contributed by atoms with van der Waals surface area (Å²) in [5.74, 6) is 0.538. The van der Waals surface area contributed by atoms with Crippen molar-refractivity contribution in [1.82, 2.24) is 9.21 Å². The third kappa shape index (κ3) is 4.73. The quantitative estimate of drug-likeness (QED) is 0.575. The van der Waals surface area contributed by atoms with Gasteiger partial charge in [0.15, 0.2) is 17.3 Å². The summed E-state index contributed by atoms with van der Waals surface area (Å²) in [5.41, 5.74) is 0.974. The average molecular weight is 498 g/mol. The standard InChI is InChI=1S/C24H23N3O7S/c28-23(21-2-1-13-32-21)25-18-5-3-17(4-6-18)24(29)26-9-11-27(12-10-26)35(30,31)19-7-8-20-22(16-19)34-15-14-33-20/h1-8,13,16H,9-12,14-15H2,(H,25,28). The van der Waals surface area contributed by atoms with E-state index in [0.29, 0.717) is 36.0 Å². The van der Waals surface area contributed by atoms with Gasteiger partial charge >= 0.3 is 0 Å². The van der Waals surface area contributed by atoms with Crippen LogP contribution in [0.1, 0.15) is 20.9 Å². The Morgan fingerprint density at radius 1 is 0.857 bits per heavy atom. The van der Waals surface area contributed by atoms with Crippen molar-refractivity contribution in [3.63, 3.8) is 0 Å². The molecule has 0 atom stereocenters. The van der Waals surface area contributed by atoms with Gasteiger partial charge in [0.05, 0.1) is 11.2 Å². The van der Waals surface area contributed by atoms with Gasteiger partial charge in [-0.1, -0.05) is 0 Å². The van der Waals surface area contributed by atoms with E-state index in [-0.39, 0.29) is 48.6 Å². The van der Waals surface area contributed by atoms with Crippen LogP contribution in [0.4, 0.5) is 5.69 Å². The Labute approximate surface area is 202 Å². The van der Waals surface area contributed by atoms with E-state index < -0.39 is 10.0 Å². The number of fused-ring (bicyclic) bond motifs is 1. The molecule has 2 amide bonds. The first kappa shape index (κ1) is 22.9. The number of benzene rings is 2. The molecule has 35 heavy (non-hydrogen) atoms. The molecule has 3 aromatic rings. The summed E-state index contributed by atoms with van der Waals surface area (Å²) in [6, 6.07) is 14.3. The summed E-state index contributed by atoms with van der Waals surface area (Å²) < 4.78 is 43.6. The van der Waals surface area contributed by atoms with E-state index in [0.717, 1.165) is 0 Å². The molecule has 182 valence electrons. The molecule has 1 fully saturated rings. The van der Waals surface area contributed by atoms with E-state index >= 15 is 0 Å². The van der Waals surface area contributed by atoms with Crippen LogP contribution in [-0.2, 0) is 10.0 Å². The van der Waals surface area contributed by atoms with Gasteiger partial charge in [0.25, 0.3) is 11.8 Å². The first-order chi connectivity index (χ1) is 16.9. The lowest BCUT2D eigenvalue weighted by molar-refractivity contribution is 0.0698. The number of rotatable bonds is 5. The lowest BCUT2D eigenvalue weighted by Gasteiger charge is -2.34. The van der Waals surface area contributed by atoms with E-state index in [4.69, 9.17) is 13.9 Å². The van der Waals surface area contributed by atoms with Crippen molar-refractivity contribution >= 4 is 27.5 Å². The molecule has 2 aromatic carbocycles. The van der Waals surface area contributed by atoms with Gasteiger partial charge in [-0.3, -0.25) is 9.59 Å². The van der Waals surface area contributed by atoms with Crippen LogP contribution >= 0.6 is 0 Å². The van der Waals surface area contributed by atoms with Crippen molar-refractivity contribution in [2.24, 2.45) is 0 Å². The molecule has 1 N–H and O–H groups in total. The minimum absolute atomic E-state index is 0.133. The van der Waals surface area contributed by atoms with E-state index in [2.05, 4.69) is 5.32 Å². The van der Waals surface area contributed by atoms with Gasteiger partial charge in [0.1, 0.15) is 13.2 Å². The van der Waals surface area contributed by atoms with Crippen molar-refractivity contribution < 1.29 is 31.9 Å². The zero-order chi connectivity index (χ0) is 24.4. The number of nitrogens with zero attached hydrogens (tertiary/aromatic N) is 2. The first-order valence-corrected chi connectivity index (χ1v) is 12.5. The van der Waals surface area contributed by atoms with Gasteiger partial charge in [-0.05, 0) is 48.5 Å². The maximum atomic E-state index is 13.1. The maximum Gasteiger partial charge on any atom is 0.291 e. The Bertz CT molecular complexity index is 1330. The normalized spacial score (nSPS) is 16.1. The van der Waals surface area contributed by atoms with Crippen LogP contribution in [-0.4, -0.2) is 68.8 Å². The summed E-state index contributed by atoms with van der Waals surface area (Å²) >= 11 is 0. The number of amides is 2. The van der Waals surface area contributed by atoms with Crippen molar-refractivity contribution in [1.29, 1.82) is 0 Å². The van der Waals surface area contributed by atoms with Gasteiger partial charge in [-0.25, -0.2) is 8.42 Å². The number of anilines is 1. The summed E-state index contributed by atoms with van der Waals surface area (Å²) in [4.78, 5) is 26.8. The molecule has 0 bridgehead atoms. The summed E-state index contributed by atoms with van der Waals surface area (Å²) in [7, 11) is -3.73. The molecule has 2 aliphatic heterocycles. The molecular weight excluding hydrogens is 474 g/mol. The Morgan fingerprint density at radius 2 is 1.57 bits per heavy atom. The van der Waals surface area contributed by atoms with Crippen LogP contribution < -0.4 is 14.8 Å². The topological polar surface area (TPSA) is 118 Å². The van der Waals surface area contributed by atoms with Gasteiger partial charge in [0.2, 0.25) is 10.0 Å². The second-order valence-electron chi connectivity index (χ2n) is 8.01. The number of hydrogen-bond acceptors (Lipinski definition) is 7. The number of furan rings is 1. The van der Waals surface area contributed by atoms with Crippen molar-refractivity contribution in [2.75, 3.05) is 44.7 Å². The van der Waals surface area contributed by atoms with E-state index in [1.165, 1.54) is 22.7 Å². The lowest BCUT2D eigenvalue weighted by atomic mass is 10.1. The first-order valence-electron chi connectivity index (χ1n) is 11.1. The molecule has 1 aromatic heterocycles. The highest BCUT2D eigenvalue weighted by atomic mass is 32.2. The molecule has 1 saturated heterocycles. The third-order valence-electron chi connectivity index (χ3n) is 5.81. The number of carbonyl (C=O) groups excluding carboxylic acids is 2. The second-order valence-corrected chi connectivity index (χ2v) is 9.95. The second kappa shape index (κ2) is 9.43. The van der Waals surface area contributed by atoms with Crippen LogP contribution in [0.5, 0.6) is 11.5 Å². The Morgan fingerprint density at radius 3 is 2.26 bits per heavy atom. The van der Waals surface area contributed by atoms with E-state index in [1.54, 1.807) is 47.4 Å². The van der Waals surface area contributed by atoms with Crippen molar-refractivity contribution in [3.05, 3.63) is 72.2 Å². The predicted molar refractivity (Wildman–Crippen MR) is 125 cm³/mol. The molecule has 0 saturated carbocycles. The predicted octanol–water partition coefficient (Wildman–Crippen LogP) is 2.45. The zero-order valence-corrected chi connectivity index (χ0v) is 19.5. The van der Waals surface area contributed by atoms with Crippen LogP contribution in [0.15, 0.2) is 70.2 Å². The summed E-state index contributed by atoms with van der Waals surface area (Å²) in [6.07, 6.45) is 1.41. The smallest absolute Gasteiger partial charge is 0.291 e. The number of nitrogens with one attached hydrogen (secondary N) is 1. The van der Waals surface area contributed by atoms with Gasteiger partial charge in [-0.15, -0.1) is 0 Å². The highest BCUT2D eigenvalue weighted by Crippen LogP contribution is 2.33. The third-order valence-corrected chi connectivity index (χ3v) is 7.71. The molecule has 0 spiro atoms. The molecule has 2 aliphatic rings. The maximum absolute atomic E-state index is 13.1. The molecule has 0 aliphatic carbocycles. The van der Waals surface area contributed by atoms with Gasteiger partial charge in [-0.2, -0.15) is 4.31 Å². The minimum Gasteiger partial charge on any atom is -0.486 e. The number of ether oxygens (including phenoxy) is 2. The molecular formula is C24H23N3O7S. The Kier molecular flexibility index (Phi) is 6.18. The van der Waals surface area contributed by atoms with Gasteiger partial charge < -0.3 is 24.1 Å². The number of carbonyl (C=O) groups is 2. The Hall–Kier alpha value is -3.83. The molecule has 10 nitrogen and oxygen atoms in total. The fourth-order valence-corrected chi connectivity index (χ4v) is 5.38. The average Bonchev–Trinajstić information content (AvgIpc) is 3.44. The lowest BCUT2D eigenvalue weighted by Crippen LogP contribution is -2.50. The number of piperazine rings is 1. The number of sulfonamides is 1. The SMILES string of the molecule is O=C(Nc1ccc(C(=O)N2CCN(S(=O)(=O)c3ccc4c(c3)OCCO4)CC2)cc1)c1ccco1. The monoisotopic (exact) mass is 497 g/mol. The van der Waals surface area contributed by atoms with E-state index in [9.17, 15) is 18.0 Å². The highest BCUT2D eigenvalue weighted by molar-refractivity contribution is 7.89. The molecule has 5 rings (SSSR count). The van der Waals surface area contributed by atoms with Crippen LogP contribution in [0.2, 0.25) is 0 Å². The molecule has 11 heteroatoms. The Balaban J connectivity index is 1.20. The van der Waals surface area contributed by atoms with Crippen LogP contribution in [0.3, 0.4) is 0 Å². The highest BCUT2D eigenvalue weighted by Gasteiger charge is 2.31. The van der Waals surface area contributed by atoms with Crippen molar-refractivity contribution in [3.8, 4) is 11.5 Å². The van der Waals surface area contributed by atoms with E-state index in [1.807, 2.05) is 0 Å². The van der Waals surface area contributed by atoms with Crippen LogP contribution in [0, 0.1) is 0 Å². The fraction of sp³-hybridized carbons (Fsp3) is 0.250. The van der Waals surface area contributed by atoms with Crippen LogP contribution in [0.25, 0.3) is 0 Å². The molecule has 3 heterocycles. The minimum atomic E-state index is -3.73. The largest absolute Gasteiger partial charge is 0.486 e.